The second-order valence-electron chi connectivity index (χ2n) is 20.2. The SMILES string of the molecule is CCC/C=C\C/C=C\CCCCCCCC(=O)OC(COC(=O)CCCCCCCCCCC/C=C\CCCCCCCC)COP(=O)(O)OCC(CO)OC(=O)CCCCCCCCCCCCCCC. The van der Waals surface area contributed by atoms with Crippen molar-refractivity contribution in [3.63, 3.8) is 0 Å². The van der Waals surface area contributed by atoms with Crippen molar-refractivity contribution in [2.75, 3.05) is 26.4 Å². The number of unbranched alkanes of at least 4 members (excludes halogenated alkanes) is 33. The summed E-state index contributed by atoms with van der Waals surface area (Å²) in [5.74, 6) is -1.46. The van der Waals surface area contributed by atoms with Crippen LogP contribution in [0, 0.1) is 0 Å². The molecule has 0 aliphatic carbocycles. The summed E-state index contributed by atoms with van der Waals surface area (Å²) in [4.78, 5) is 48.5. The Morgan fingerprint density at radius 1 is 0.389 bits per heavy atom. The largest absolute Gasteiger partial charge is 0.472 e. The molecule has 12 heteroatoms. The molecule has 0 aromatic rings. The number of esters is 3. The van der Waals surface area contributed by atoms with Crippen molar-refractivity contribution in [3.8, 4) is 0 Å². The fourth-order valence-corrected chi connectivity index (χ4v) is 9.23. The van der Waals surface area contributed by atoms with Crippen LogP contribution < -0.4 is 0 Å². The number of allylic oxidation sites excluding steroid dienone is 6. The molecule has 422 valence electrons. The van der Waals surface area contributed by atoms with E-state index >= 15 is 0 Å². The van der Waals surface area contributed by atoms with E-state index in [9.17, 15) is 28.9 Å². The zero-order chi connectivity index (χ0) is 52.7. The zero-order valence-electron chi connectivity index (χ0n) is 46.7. The molecule has 72 heavy (non-hydrogen) atoms. The fourth-order valence-electron chi connectivity index (χ4n) is 8.45. The van der Waals surface area contributed by atoms with Gasteiger partial charge in [0.25, 0.3) is 0 Å². The summed E-state index contributed by atoms with van der Waals surface area (Å²) in [6.45, 7) is 4.60. The third-order valence-corrected chi connectivity index (χ3v) is 14.0. The number of phosphoric ester groups is 1. The molecule has 0 aromatic heterocycles. The molecule has 0 bridgehead atoms. The number of hydrogen-bond donors (Lipinski definition) is 2. The zero-order valence-corrected chi connectivity index (χ0v) is 47.6. The second kappa shape index (κ2) is 54.9. The van der Waals surface area contributed by atoms with Gasteiger partial charge in [0.05, 0.1) is 19.8 Å². The first kappa shape index (κ1) is 69.7. The van der Waals surface area contributed by atoms with Crippen LogP contribution in [-0.4, -0.2) is 66.5 Å². The van der Waals surface area contributed by atoms with Crippen LogP contribution in [0.2, 0.25) is 0 Å². The molecule has 11 nitrogen and oxygen atoms in total. The maximum Gasteiger partial charge on any atom is 0.472 e. The van der Waals surface area contributed by atoms with E-state index in [1.54, 1.807) is 0 Å². The standard InChI is InChI=1S/C60H111O11P/c1-4-7-10-13-16-19-22-25-26-27-28-29-30-33-34-37-40-43-46-49-58(62)67-53-57(71-60(64)51-48-45-42-39-36-32-24-21-18-15-12-9-6-3)55-69-72(65,66)68-54-56(52-61)70-59(63)50-47-44-41-38-35-31-23-20-17-14-11-8-5-2/h12,15,21,24-26,56-57,61H,4-11,13-14,16-20,22-23,27-55H2,1-3H3,(H,65,66)/b15-12-,24-21-,26-25-. The monoisotopic (exact) mass is 1040 g/mol. The Bertz CT molecular complexity index is 1350. The van der Waals surface area contributed by atoms with Crippen LogP contribution in [0.15, 0.2) is 36.5 Å². The van der Waals surface area contributed by atoms with Crippen LogP contribution >= 0.6 is 7.82 Å². The Labute approximate surface area is 441 Å². The van der Waals surface area contributed by atoms with Gasteiger partial charge in [0.15, 0.2) is 6.10 Å². The minimum Gasteiger partial charge on any atom is -0.462 e. The molecule has 2 N–H and O–H groups in total. The van der Waals surface area contributed by atoms with E-state index in [1.165, 1.54) is 141 Å². The minimum absolute atomic E-state index is 0.154. The number of carbonyl (C=O) groups excluding carboxylic acids is 3. The van der Waals surface area contributed by atoms with Crippen molar-refractivity contribution in [1.29, 1.82) is 0 Å². The predicted octanol–water partition coefficient (Wildman–Crippen LogP) is 17.6. The minimum atomic E-state index is -4.74. The van der Waals surface area contributed by atoms with E-state index in [2.05, 4.69) is 57.2 Å². The molecule has 0 spiro atoms. The van der Waals surface area contributed by atoms with E-state index in [-0.39, 0.29) is 25.9 Å². The lowest BCUT2D eigenvalue weighted by atomic mass is 10.0. The summed E-state index contributed by atoms with van der Waals surface area (Å²) in [7, 11) is -4.74. The summed E-state index contributed by atoms with van der Waals surface area (Å²) < 4.78 is 39.5. The molecule has 0 amide bonds. The highest BCUT2D eigenvalue weighted by Crippen LogP contribution is 2.43. The van der Waals surface area contributed by atoms with E-state index < -0.39 is 57.8 Å². The maximum absolute atomic E-state index is 12.9. The van der Waals surface area contributed by atoms with Gasteiger partial charge in [0, 0.05) is 19.3 Å². The number of hydrogen-bond acceptors (Lipinski definition) is 10. The Balaban J connectivity index is 4.66. The third-order valence-electron chi connectivity index (χ3n) is 13.0. The summed E-state index contributed by atoms with van der Waals surface area (Å²) >= 11 is 0. The van der Waals surface area contributed by atoms with E-state index in [0.29, 0.717) is 19.3 Å². The molecule has 0 heterocycles. The highest BCUT2D eigenvalue weighted by molar-refractivity contribution is 7.47. The molecule has 0 aromatic carbocycles. The molecular weight excluding hydrogens is 928 g/mol. The van der Waals surface area contributed by atoms with Gasteiger partial charge in [-0.2, -0.15) is 0 Å². The van der Waals surface area contributed by atoms with Crippen molar-refractivity contribution < 1.29 is 52.2 Å². The van der Waals surface area contributed by atoms with Crippen LogP contribution in [0.1, 0.15) is 290 Å². The normalized spacial score (nSPS) is 13.6. The lowest BCUT2D eigenvalue weighted by Crippen LogP contribution is -2.30. The molecule has 0 radical (unpaired) electrons. The van der Waals surface area contributed by atoms with Crippen LogP contribution in [-0.2, 0) is 42.2 Å². The van der Waals surface area contributed by atoms with Crippen LogP contribution in [0.3, 0.4) is 0 Å². The number of aliphatic hydroxyl groups is 1. The second-order valence-corrected chi connectivity index (χ2v) is 21.6. The number of phosphoric acid groups is 1. The van der Waals surface area contributed by atoms with Gasteiger partial charge < -0.3 is 24.2 Å². The number of rotatable bonds is 56. The molecule has 0 rings (SSSR count). The van der Waals surface area contributed by atoms with Crippen LogP contribution in [0.25, 0.3) is 0 Å². The van der Waals surface area contributed by atoms with Gasteiger partial charge in [-0.05, 0) is 70.6 Å². The summed E-state index contributed by atoms with van der Waals surface area (Å²) in [5.41, 5.74) is 0. The summed E-state index contributed by atoms with van der Waals surface area (Å²) in [6, 6.07) is 0. The van der Waals surface area contributed by atoms with Crippen LogP contribution in [0.4, 0.5) is 0 Å². The highest BCUT2D eigenvalue weighted by atomic mass is 31.2. The van der Waals surface area contributed by atoms with E-state index in [0.717, 1.165) is 89.9 Å². The van der Waals surface area contributed by atoms with Gasteiger partial charge in [0.1, 0.15) is 12.7 Å². The van der Waals surface area contributed by atoms with Gasteiger partial charge >= 0.3 is 25.7 Å². The molecule has 0 saturated carbocycles. The highest BCUT2D eigenvalue weighted by Gasteiger charge is 2.28. The van der Waals surface area contributed by atoms with Gasteiger partial charge in [-0.25, -0.2) is 4.57 Å². The van der Waals surface area contributed by atoms with Crippen molar-refractivity contribution in [2.45, 2.75) is 303 Å². The van der Waals surface area contributed by atoms with Crippen molar-refractivity contribution in [2.24, 2.45) is 0 Å². The van der Waals surface area contributed by atoms with Gasteiger partial charge in [-0.3, -0.25) is 23.4 Å². The average molecular weight is 1040 g/mol. The average Bonchev–Trinajstić information content (AvgIpc) is 3.37. The topological polar surface area (TPSA) is 155 Å². The quantitative estimate of drug-likeness (QED) is 0.0197. The molecule has 0 aliphatic rings. The molecule has 0 saturated heterocycles. The van der Waals surface area contributed by atoms with E-state index in [4.69, 9.17) is 23.3 Å². The number of aliphatic hydroxyl groups excluding tert-OH is 1. The molecular formula is C60H111O11P. The summed E-state index contributed by atoms with van der Waals surface area (Å²) in [6.07, 6.45) is 56.7. The van der Waals surface area contributed by atoms with Crippen LogP contribution in [0.5, 0.6) is 0 Å². The molecule has 0 fully saturated rings. The Hall–Kier alpha value is -2.30. The maximum atomic E-state index is 12.9. The lowest BCUT2D eigenvalue weighted by Gasteiger charge is -2.21. The summed E-state index contributed by atoms with van der Waals surface area (Å²) in [5, 5.41) is 9.81. The number of carbonyl (C=O) groups is 3. The molecule has 0 aliphatic heterocycles. The van der Waals surface area contributed by atoms with Crippen molar-refractivity contribution >= 4 is 25.7 Å². The Kier molecular flexibility index (Phi) is 53.2. The first-order valence-electron chi connectivity index (χ1n) is 29.9. The smallest absolute Gasteiger partial charge is 0.462 e. The first-order chi connectivity index (χ1) is 35.2. The van der Waals surface area contributed by atoms with Crippen molar-refractivity contribution in [1.82, 2.24) is 0 Å². The molecule has 3 unspecified atom stereocenters. The number of ether oxygens (including phenoxy) is 3. The van der Waals surface area contributed by atoms with Gasteiger partial charge in [-0.1, -0.05) is 237 Å². The third kappa shape index (κ3) is 52.6. The van der Waals surface area contributed by atoms with E-state index in [1.807, 2.05) is 0 Å². The first-order valence-corrected chi connectivity index (χ1v) is 31.4. The van der Waals surface area contributed by atoms with Crippen molar-refractivity contribution in [3.05, 3.63) is 36.5 Å². The Morgan fingerprint density at radius 2 is 0.708 bits per heavy atom. The lowest BCUT2D eigenvalue weighted by molar-refractivity contribution is -0.161. The van der Waals surface area contributed by atoms with Gasteiger partial charge in [-0.15, -0.1) is 0 Å². The fraction of sp³-hybridized carbons (Fsp3) is 0.850. The van der Waals surface area contributed by atoms with Gasteiger partial charge in [0.2, 0.25) is 0 Å². The Morgan fingerprint density at radius 3 is 1.10 bits per heavy atom. The predicted molar refractivity (Wildman–Crippen MR) is 298 cm³/mol. The molecule has 3 atom stereocenters.